The van der Waals surface area contributed by atoms with Crippen molar-refractivity contribution >= 4 is 5.78 Å². The summed E-state index contributed by atoms with van der Waals surface area (Å²) in [6.07, 6.45) is 14.1. The molecule has 5 atom stereocenters. The lowest BCUT2D eigenvalue weighted by Gasteiger charge is -2.48. The Kier molecular flexibility index (Phi) is 2.63. The molecule has 0 bridgehead atoms. The average Bonchev–Trinajstić information content (AvgIpc) is 2.80. The maximum Gasteiger partial charge on any atom is 0.136 e. The van der Waals surface area contributed by atoms with Crippen molar-refractivity contribution in [2.75, 3.05) is 0 Å². The van der Waals surface area contributed by atoms with E-state index in [1.807, 2.05) is 0 Å². The lowest BCUT2D eigenvalue weighted by molar-refractivity contribution is -0.123. The minimum absolute atomic E-state index is 0.473. The fourth-order valence-electron chi connectivity index (χ4n) is 5.72. The van der Waals surface area contributed by atoms with Gasteiger partial charge in [0.1, 0.15) is 5.78 Å². The monoisotopic (exact) mass is 244 g/mol. The first kappa shape index (κ1) is 11.3. The Labute approximate surface area is 110 Å². The van der Waals surface area contributed by atoms with E-state index in [2.05, 4.69) is 6.08 Å². The summed E-state index contributed by atoms with van der Waals surface area (Å²) < 4.78 is 0. The molecule has 0 aliphatic heterocycles. The number of carbonyl (C=O) groups excluding carboxylic acids is 1. The lowest BCUT2D eigenvalue weighted by atomic mass is 9.56. The predicted octanol–water partition coefficient (Wildman–Crippen LogP) is 4.13. The van der Waals surface area contributed by atoms with Crippen LogP contribution in [-0.2, 0) is 4.79 Å². The number of Topliss-reactive ketones (excluding diaryl/α,β-unsaturated/α-hetero) is 1. The highest BCUT2D eigenvalue weighted by molar-refractivity contribution is 5.83. The van der Waals surface area contributed by atoms with Crippen LogP contribution in [0.5, 0.6) is 0 Å². The van der Waals surface area contributed by atoms with E-state index in [1.165, 1.54) is 51.4 Å². The molecule has 1 nitrogen and oxygen atoms in total. The summed E-state index contributed by atoms with van der Waals surface area (Å²) in [5.74, 6) is 4.60. The molecule has 0 heterocycles. The Hall–Kier alpha value is -0.590. The minimum Gasteiger partial charge on any atom is -0.299 e. The number of rotatable bonds is 0. The van der Waals surface area contributed by atoms with E-state index in [0.29, 0.717) is 11.7 Å². The first-order chi connectivity index (χ1) is 8.84. The van der Waals surface area contributed by atoms with Crippen LogP contribution in [0.1, 0.15) is 57.8 Å². The second-order valence-corrected chi connectivity index (χ2v) is 7.04. The van der Waals surface area contributed by atoms with Gasteiger partial charge in [-0.25, -0.2) is 0 Å². The van der Waals surface area contributed by atoms with Gasteiger partial charge in [-0.05, 0) is 75.0 Å². The smallest absolute Gasteiger partial charge is 0.136 e. The zero-order valence-corrected chi connectivity index (χ0v) is 11.2. The van der Waals surface area contributed by atoms with Crippen LogP contribution in [0.15, 0.2) is 11.6 Å². The van der Waals surface area contributed by atoms with Crippen molar-refractivity contribution in [3.8, 4) is 0 Å². The number of ketones is 1. The van der Waals surface area contributed by atoms with Gasteiger partial charge in [0.05, 0.1) is 0 Å². The fourth-order valence-corrected chi connectivity index (χ4v) is 5.72. The van der Waals surface area contributed by atoms with E-state index < -0.39 is 0 Å². The molecule has 3 saturated carbocycles. The molecule has 1 heteroatoms. The number of fused-ring (bicyclic) bond motifs is 5. The molecule has 0 aromatic carbocycles. The Morgan fingerprint density at radius 2 is 1.67 bits per heavy atom. The van der Waals surface area contributed by atoms with Gasteiger partial charge in [0.2, 0.25) is 0 Å². The average molecular weight is 244 g/mol. The molecule has 4 aliphatic carbocycles. The van der Waals surface area contributed by atoms with Crippen LogP contribution in [0, 0.1) is 29.6 Å². The van der Waals surface area contributed by atoms with Crippen molar-refractivity contribution in [1.82, 2.24) is 0 Å². The van der Waals surface area contributed by atoms with E-state index in [1.54, 1.807) is 5.57 Å². The van der Waals surface area contributed by atoms with E-state index in [9.17, 15) is 4.79 Å². The molecule has 0 aromatic rings. The molecule has 0 radical (unpaired) electrons. The molecule has 0 spiro atoms. The normalized spacial score (nSPS) is 47.0. The minimum atomic E-state index is 0.473. The highest BCUT2D eigenvalue weighted by atomic mass is 16.1. The van der Waals surface area contributed by atoms with Gasteiger partial charge in [-0.1, -0.05) is 11.6 Å². The molecule has 98 valence electrons. The van der Waals surface area contributed by atoms with Crippen LogP contribution >= 0.6 is 0 Å². The third kappa shape index (κ3) is 1.55. The summed E-state index contributed by atoms with van der Waals surface area (Å²) in [6.45, 7) is 0. The van der Waals surface area contributed by atoms with E-state index in [0.717, 1.165) is 30.1 Å². The predicted molar refractivity (Wildman–Crippen MR) is 72.1 cm³/mol. The Balaban J connectivity index is 1.61. The van der Waals surface area contributed by atoms with Crippen LogP contribution in [-0.4, -0.2) is 5.78 Å². The summed E-state index contributed by atoms with van der Waals surface area (Å²) in [4.78, 5) is 12.0. The van der Waals surface area contributed by atoms with Crippen molar-refractivity contribution in [3.63, 3.8) is 0 Å². The molecule has 4 rings (SSSR count). The van der Waals surface area contributed by atoms with Gasteiger partial charge in [-0.3, -0.25) is 4.79 Å². The maximum atomic E-state index is 12.0. The largest absolute Gasteiger partial charge is 0.299 e. The molecule has 0 saturated heterocycles. The number of hydrogen-bond acceptors (Lipinski definition) is 1. The SMILES string of the molecule is O=C1CCC2C1CCC1C3CCCC=C3CCC21. The maximum absolute atomic E-state index is 12.0. The van der Waals surface area contributed by atoms with Gasteiger partial charge in [0.15, 0.2) is 0 Å². The van der Waals surface area contributed by atoms with Gasteiger partial charge < -0.3 is 0 Å². The van der Waals surface area contributed by atoms with Gasteiger partial charge >= 0.3 is 0 Å². The number of carbonyl (C=O) groups is 1. The Morgan fingerprint density at radius 1 is 0.833 bits per heavy atom. The highest BCUT2D eigenvalue weighted by Crippen LogP contribution is 2.55. The summed E-state index contributed by atoms with van der Waals surface area (Å²) in [7, 11) is 0. The summed E-state index contributed by atoms with van der Waals surface area (Å²) >= 11 is 0. The van der Waals surface area contributed by atoms with Crippen molar-refractivity contribution < 1.29 is 4.79 Å². The standard InChI is InChI=1S/C17H24O/c18-17-10-9-15-14-6-5-11-3-1-2-4-12(11)13(14)7-8-16(15)17/h3,12-16H,1-2,4-10H2. The van der Waals surface area contributed by atoms with E-state index in [4.69, 9.17) is 0 Å². The van der Waals surface area contributed by atoms with Crippen LogP contribution in [0.2, 0.25) is 0 Å². The first-order valence-corrected chi connectivity index (χ1v) is 8.06. The number of allylic oxidation sites excluding steroid dienone is 2. The Morgan fingerprint density at radius 3 is 2.61 bits per heavy atom. The Bertz CT molecular complexity index is 394. The molecule has 4 aliphatic rings. The summed E-state index contributed by atoms with van der Waals surface area (Å²) in [6, 6.07) is 0. The van der Waals surface area contributed by atoms with Crippen LogP contribution < -0.4 is 0 Å². The second kappa shape index (κ2) is 4.21. The van der Waals surface area contributed by atoms with Crippen molar-refractivity contribution in [3.05, 3.63) is 11.6 Å². The zero-order chi connectivity index (χ0) is 12.1. The van der Waals surface area contributed by atoms with Crippen LogP contribution in [0.3, 0.4) is 0 Å². The van der Waals surface area contributed by atoms with Gasteiger partial charge in [-0.2, -0.15) is 0 Å². The fraction of sp³-hybridized carbons (Fsp3) is 0.824. The van der Waals surface area contributed by atoms with Gasteiger partial charge in [0.25, 0.3) is 0 Å². The highest BCUT2D eigenvalue weighted by Gasteiger charge is 2.49. The van der Waals surface area contributed by atoms with Gasteiger partial charge in [0, 0.05) is 12.3 Å². The molecule has 0 aromatic heterocycles. The van der Waals surface area contributed by atoms with Crippen molar-refractivity contribution in [1.29, 1.82) is 0 Å². The van der Waals surface area contributed by atoms with Crippen molar-refractivity contribution in [2.45, 2.75) is 57.8 Å². The molecular weight excluding hydrogens is 220 g/mol. The second-order valence-electron chi connectivity index (χ2n) is 7.04. The third-order valence-electron chi connectivity index (χ3n) is 6.45. The summed E-state index contributed by atoms with van der Waals surface area (Å²) in [5, 5.41) is 0. The molecule has 0 N–H and O–H groups in total. The third-order valence-corrected chi connectivity index (χ3v) is 6.45. The molecule has 3 fully saturated rings. The van der Waals surface area contributed by atoms with Crippen LogP contribution in [0.25, 0.3) is 0 Å². The molecule has 18 heavy (non-hydrogen) atoms. The quantitative estimate of drug-likeness (QED) is 0.586. The molecular formula is C17H24O. The molecule has 0 amide bonds. The summed E-state index contributed by atoms with van der Waals surface area (Å²) in [5.41, 5.74) is 1.80. The van der Waals surface area contributed by atoms with Gasteiger partial charge in [-0.15, -0.1) is 0 Å². The first-order valence-electron chi connectivity index (χ1n) is 8.06. The van der Waals surface area contributed by atoms with E-state index >= 15 is 0 Å². The lowest BCUT2D eigenvalue weighted by Crippen LogP contribution is -2.41. The molecule has 5 unspecified atom stereocenters. The number of hydrogen-bond donors (Lipinski definition) is 0. The topological polar surface area (TPSA) is 17.1 Å². The van der Waals surface area contributed by atoms with E-state index in [-0.39, 0.29) is 0 Å². The van der Waals surface area contributed by atoms with Crippen LogP contribution in [0.4, 0.5) is 0 Å². The zero-order valence-electron chi connectivity index (χ0n) is 11.2. The van der Waals surface area contributed by atoms with Crippen molar-refractivity contribution in [2.24, 2.45) is 29.6 Å².